The molecule has 3 heterocycles. The second-order valence-corrected chi connectivity index (χ2v) is 8.81. The molecule has 134 valence electrons. The van der Waals surface area contributed by atoms with Gasteiger partial charge in [-0.05, 0) is 43.4 Å². The van der Waals surface area contributed by atoms with E-state index < -0.39 is 9.84 Å². The Kier molecular flexibility index (Phi) is 5.17. The zero-order valence-corrected chi connectivity index (χ0v) is 15.0. The zero-order valence-electron chi connectivity index (χ0n) is 14.2. The number of pyridine rings is 1. The quantitative estimate of drug-likeness (QED) is 0.842. The Morgan fingerprint density at radius 2 is 2.28 bits per heavy atom. The van der Waals surface area contributed by atoms with Gasteiger partial charge in [-0.2, -0.15) is 5.10 Å². The predicted molar refractivity (Wildman–Crippen MR) is 93.7 cm³/mol. The summed E-state index contributed by atoms with van der Waals surface area (Å²) in [6, 6.07) is 5.47. The number of nitrogens with one attached hydrogen (secondary N) is 1. The van der Waals surface area contributed by atoms with Gasteiger partial charge in [-0.15, -0.1) is 0 Å². The van der Waals surface area contributed by atoms with Gasteiger partial charge in [0.05, 0.1) is 11.5 Å². The average Bonchev–Trinajstić information content (AvgIpc) is 3.17. The second kappa shape index (κ2) is 7.35. The van der Waals surface area contributed by atoms with E-state index in [1.54, 1.807) is 23.4 Å². The number of H-pyrrole nitrogens is 1. The van der Waals surface area contributed by atoms with Gasteiger partial charge < -0.3 is 4.90 Å². The van der Waals surface area contributed by atoms with Gasteiger partial charge in [0.15, 0.2) is 9.84 Å². The van der Waals surface area contributed by atoms with Crippen LogP contribution in [0.1, 0.15) is 34.6 Å². The lowest BCUT2D eigenvalue weighted by Crippen LogP contribution is -2.33. The average molecular weight is 362 g/mol. The minimum atomic E-state index is -2.90. The lowest BCUT2D eigenvalue weighted by Gasteiger charge is -2.23. The number of nitrogens with zero attached hydrogens (tertiary/aromatic N) is 3. The Balaban J connectivity index is 1.71. The number of rotatable bonds is 6. The lowest BCUT2D eigenvalue weighted by atomic mass is 10.0. The topological polar surface area (TPSA) is 96.0 Å². The molecule has 2 aromatic heterocycles. The van der Waals surface area contributed by atoms with Crippen molar-refractivity contribution in [1.82, 2.24) is 20.1 Å². The maximum atomic E-state index is 12.8. The summed E-state index contributed by atoms with van der Waals surface area (Å²) in [4.78, 5) is 18.6. The van der Waals surface area contributed by atoms with Crippen molar-refractivity contribution in [2.45, 2.75) is 26.3 Å². The van der Waals surface area contributed by atoms with E-state index in [4.69, 9.17) is 0 Å². The van der Waals surface area contributed by atoms with Crippen molar-refractivity contribution in [2.75, 3.05) is 18.1 Å². The van der Waals surface area contributed by atoms with Crippen LogP contribution in [0.15, 0.2) is 30.6 Å². The number of carbonyl (C=O) groups excluding carboxylic acids is 1. The maximum Gasteiger partial charge on any atom is 0.274 e. The highest BCUT2D eigenvalue weighted by molar-refractivity contribution is 7.91. The van der Waals surface area contributed by atoms with Crippen molar-refractivity contribution < 1.29 is 13.2 Å². The van der Waals surface area contributed by atoms with Gasteiger partial charge >= 0.3 is 0 Å². The number of aromatic nitrogens is 3. The van der Waals surface area contributed by atoms with Crippen molar-refractivity contribution in [3.63, 3.8) is 0 Å². The van der Waals surface area contributed by atoms with Crippen molar-refractivity contribution in [2.24, 2.45) is 5.92 Å². The molecule has 1 fully saturated rings. The molecule has 0 spiro atoms. The first-order valence-electron chi connectivity index (χ1n) is 8.33. The fourth-order valence-corrected chi connectivity index (χ4v) is 5.00. The normalized spacial score (nSPS) is 19.0. The second-order valence-electron chi connectivity index (χ2n) is 6.58. The van der Waals surface area contributed by atoms with Gasteiger partial charge in [0, 0.05) is 31.2 Å². The van der Waals surface area contributed by atoms with Crippen molar-refractivity contribution in [1.29, 1.82) is 0 Å². The first kappa shape index (κ1) is 17.6. The molecule has 7 nitrogen and oxygen atoms in total. The number of amides is 1. The van der Waals surface area contributed by atoms with Gasteiger partial charge in [-0.3, -0.25) is 14.9 Å². The monoisotopic (exact) mass is 362 g/mol. The smallest absolute Gasteiger partial charge is 0.274 e. The molecule has 0 aromatic carbocycles. The number of hydrogen-bond acceptors (Lipinski definition) is 5. The highest BCUT2D eigenvalue weighted by Gasteiger charge is 2.29. The summed E-state index contributed by atoms with van der Waals surface area (Å²) in [6.07, 6.45) is 4.78. The van der Waals surface area contributed by atoms with E-state index in [0.29, 0.717) is 31.6 Å². The Bertz CT molecular complexity index is 833. The van der Waals surface area contributed by atoms with Crippen LogP contribution in [0.25, 0.3) is 0 Å². The number of carbonyl (C=O) groups is 1. The first-order valence-corrected chi connectivity index (χ1v) is 10.2. The van der Waals surface area contributed by atoms with Crippen LogP contribution in [-0.4, -0.2) is 52.5 Å². The highest BCUT2D eigenvalue weighted by Crippen LogP contribution is 2.22. The molecule has 1 aliphatic heterocycles. The predicted octanol–water partition coefficient (Wildman–Crippen LogP) is 1.58. The Morgan fingerprint density at radius 3 is 2.88 bits per heavy atom. The fourth-order valence-electron chi connectivity index (χ4n) is 3.09. The first-order chi connectivity index (χ1) is 11.9. The fraction of sp³-hybridized carbons (Fsp3) is 0.471. The lowest BCUT2D eigenvalue weighted by molar-refractivity contribution is 0.0728. The van der Waals surface area contributed by atoms with Gasteiger partial charge in [-0.1, -0.05) is 6.07 Å². The largest absolute Gasteiger partial charge is 0.333 e. The zero-order chi connectivity index (χ0) is 17.9. The third-order valence-electron chi connectivity index (χ3n) is 4.44. The van der Waals surface area contributed by atoms with E-state index in [0.717, 1.165) is 11.3 Å². The molecule has 1 aliphatic rings. The van der Waals surface area contributed by atoms with Gasteiger partial charge in [0.2, 0.25) is 0 Å². The van der Waals surface area contributed by atoms with Crippen LogP contribution in [-0.2, 0) is 16.4 Å². The third-order valence-corrected chi connectivity index (χ3v) is 6.28. The van der Waals surface area contributed by atoms with Crippen molar-refractivity contribution in [3.05, 3.63) is 47.5 Å². The van der Waals surface area contributed by atoms with Crippen molar-refractivity contribution >= 4 is 15.7 Å². The van der Waals surface area contributed by atoms with E-state index in [9.17, 15) is 13.2 Å². The molecular weight excluding hydrogens is 340 g/mol. The summed E-state index contributed by atoms with van der Waals surface area (Å²) in [5.41, 5.74) is 2.13. The van der Waals surface area contributed by atoms with E-state index >= 15 is 0 Å². The van der Waals surface area contributed by atoms with E-state index in [1.807, 2.05) is 19.1 Å². The third kappa shape index (κ3) is 4.66. The molecule has 0 aliphatic carbocycles. The van der Waals surface area contributed by atoms with E-state index in [1.165, 1.54) is 0 Å². The van der Waals surface area contributed by atoms with Crippen LogP contribution < -0.4 is 0 Å². The summed E-state index contributed by atoms with van der Waals surface area (Å²) in [6.45, 7) is 2.77. The van der Waals surface area contributed by atoms with Gasteiger partial charge in [0.1, 0.15) is 5.69 Å². The van der Waals surface area contributed by atoms with Crippen LogP contribution in [0.5, 0.6) is 0 Å². The maximum absolute atomic E-state index is 12.8. The Hall–Kier alpha value is -2.22. The standard InChI is InChI=1S/C17H22N4O3S/c1-13-9-16(20-19-13)17(22)21(11-15-3-2-6-18-10-15)7-4-14-5-8-25(23,24)12-14/h2-3,6,9-10,14H,4-5,7-8,11-12H2,1H3,(H,19,20). The Morgan fingerprint density at radius 1 is 1.44 bits per heavy atom. The number of sulfone groups is 1. The van der Waals surface area contributed by atoms with E-state index in [-0.39, 0.29) is 23.3 Å². The van der Waals surface area contributed by atoms with Crippen LogP contribution in [0.4, 0.5) is 0 Å². The van der Waals surface area contributed by atoms with Crippen LogP contribution in [0.2, 0.25) is 0 Å². The molecule has 3 rings (SSSR count). The molecule has 0 saturated carbocycles. The van der Waals surface area contributed by atoms with Crippen LogP contribution >= 0.6 is 0 Å². The van der Waals surface area contributed by atoms with Crippen molar-refractivity contribution in [3.8, 4) is 0 Å². The van der Waals surface area contributed by atoms with Gasteiger partial charge in [0.25, 0.3) is 5.91 Å². The number of hydrogen-bond donors (Lipinski definition) is 1. The minimum absolute atomic E-state index is 0.120. The number of aryl methyl sites for hydroxylation is 1. The summed E-state index contributed by atoms with van der Waals surface area (Å²) >= 11 is 0. The number of aromatic amines is 1. The molecular formula is C17H22N4O3S. The molecule has 1 unspecified atom stereocenters. The molecule has 0 bridgehead atoms. The molecule has 1 atom stereocenters. The molecule has 1 saturated heterocycles. The summed E-state index contributed by atoms with van der Waals surface area (Å²) < 4.78 is 23.3. The molecule has 8 heteroatoms. The molecule has 1 N–H and O–H groups in total. The molecule has 0 radical (unpaired) electrons. The minimum Gasteiger partial charge on any atom is -0.333 e. The summed E-state index contributed by atoms with van der Waals surface area (Å²) in [5.74, 6) is 0.445. The molecule has 25 heavy (non-hydrogen) atoms. The van der Waals surface area contributed by atoms with E-state index in [2.05, 4.69) is 15.2 Å². The highest BCUT2D eigenvalue weighted by atomic mass is 32.2. The van der Waals surface area contributed by atoms with Crippen LogP contribution in [0.3, 0.4) is 0 Å². The SMILES string of the molecule is Cc1cc(C(=O)N(CCC2CCS(=O)(=O)C2)Cc2cccnc2)n[nH]1. The summed E-state index contributed by atoms with van der Waals surface area (Å²) in [7, 11) is -2.90. The summed E-state index contributed by atoms with van der Waals surface area (Å²) in [5, 5.41) is 6.84. The Labute approximate surface area is 147 Å². The molecule has 1 amide bonds. The van der Waals surface area contributed by atoms with Gasteiger partial charge in [-0.25, -0.2) is 8.42 Å². The van der Waals surface area contributed by atoms with Crippen LogP contribution in [0, 0.1) is 12.8 Å². The molecule has 2 aromatic rings.